The summed E-state index contributed by atoms with van der Waals surface area (Å²) in [7, 11) is -1.13. The second-order valence-electron chi connectivity index (χ2n) is 4.82. The second-order valence-corrected chi connectivity index (χ2v) is 7.09. The monoisotopic (exact) mass is 327 g/mol. The summed E-state index contributed by atoms with van der Waals surface area (Å²) in [5.41, 5.74) is 0.977. The average molecular weight is 327 g/mol. The number of carbonyl (C=O) groups excluding carboxylic acids is 2. The van der Waals surface area contributed by atoms with E-state index in [0.29, 0.717) is 6.42 Å². The highest BCUT2D eigenvalue weighted by atomic mass is 31.2. The van der Waals surface area contributed by atoms with Crippen LogP contribution in [0.25, 0.3) is 0 Å². The van der Waals surface area contributed by atoms with Gasteiger partial charge in [-0.2, -0.15) is 0 Å². The van der Waals surface area contributed by atoms with E-state index in [1.54, 1.807) is 0 Å². The quantitative estimate of drug-likeness (QED) is 0.744. The topological polar surface area (TPSA) is 82.1 Å². The first-order chi connectivity index (χ1) is 10.5. The number of nitrogens with zero attached hydrogens (tertiary/aromatic N) is 1. The lowest BCUT2D eigenvalue weighted by molar-refractivity contribution is -0.126. The Labute approximate surface area is 128 Å². The van der Waals surface area contributed by atoms with Gasteiger partial charge in [0.05, 0.1) is 6.04 Å². The van der Waals surface area contributed by atoms with Crippen LogP contribution < -0.4 is 0 Å². The second kappa shape index (κ2) is 7.05. The lowest BCUT2D eigenvalue weighted by atomic mass is 10.1. The standard InChI is InChI=1S/C14H18NO6P/c1-19-22(18,20-2)10-13(16)15-12(9-21-14(15)17)8-11-6-4-3-5-7-11/h3-7,12H,8-10H2,1-2H3/t12-/m0/s1. The van der Waals surface area contributed by atoms with E-state index in [-0.39, 0.29) is 6.61 Å². The summed E-state index contributed by atoms with van der Waals surface area (Å²) < 4.78 is 26.5. The molecule has 0 spiro atoms. The number of amides is 2. The molecule has 1 aliphatic heterocycles. The van der Waals surface area contributed by atoms with Crippen LogP contribution in [0.3, 0.4) is 0 Å². The van der Waals surface area contributed by atoms with Crippen molar-refractivity contribution in [1.82, 2.24) is 4.90 Å². The maximum atomic E-state index is 12.3. The third-order valence-corrected chi connectivity index (χ3v) is 5.20. The molecule has 120 valence electrons. The third-order valence-electron chi connectivity index (χ3n) is 3.43. The Morgan fingerprint density at radius 1 is 1.32 bits per heavy atom. The van der Waals surface area contributed by atoms with Gasteiger partial charge in [0.2, 0.25) is 5.91 Å². The molecular formula is C14H18NO6P. The minimum atomic E-state index is -3.52. The van der Waals surface area contributed by atoms with Crippen molar-refractivity contribution in [3.05, 3.63) is 35.9 Å². The van der Waals surface area contributed by atoms with Crippen LogP contribution in [0.4, 0.5) is 4.79 Å². The van der Waals surface area contributed by atoms with Gasteiger partial charge in [0.1, 0.15) is 12.8 Å². The van der Waals surface area contributed by atoms with Crippen LogP contribution >= 0.6 is 7.60 Å². The first-order valence-electron chi connectivity index (χ1n) is 6.72. The van der Waals surface area contributed by atoms with Crippen LogP contribution in [-0.2, 0) is 29.6 Å². The van der Waals surface area contributed by atoms with Gasteiger partial charge in [-0.15, -0.1) is 0 Å². The van der Waals surface area contributed by atoms with Gasteiger partial charge >= 0.3 is 13.7 Å². The predicted octanol–water partition coefficient (Wildman–Crippen LogP) is 2.06. The van der Waals surface area contributed by atoms with Gasteiger partial charge < -0.3 is 13.8 Å². The number of carbonyl (C=O) groups is 2. The lowest BCUT2D eigenvalue weighted by Crippen LogP contribution is -2.41. The van der Waals surface area contributed by atoms with Gasteiger partial charge in [0.15, 0.2) is 0 Å². The molecule has 1 atom stereocenters. The van der Waals surface area contributed by atoms with Crippen molar-refractivity contribution in [3.8, 4) is 0 Å². The van der Waals surface area contributed by atoms with E-state index in [9.17, 15) is 14.2 Å². The first kappa shape index (κ1) is 16.7. The van der Waals surface area contributed by atoms with Crippen LogP contribution in [0, 0.1) is 0 Å². The summed E-state index contributed by atoms with van der Waals surface area (Å²) >= 11 is 0. The molecule has 1 aromatic rings. The third kappa shape index (κ3) is 3.74. The molecule has 8 heteroatoms. The van der Waals surface area contributed by atoms with E-state index in [2.05, 4.69) is 0 Å². The fraction of sp³-hybridized carbons (Fsp3) is 0.429. The van der Waals surface area contributed by atoms with Crippen molar-refractivity contribution in [2.24, 2.45) is 0 Å². The molecule has 0 aliphatic carbocycles. The molecule has 1 saturated heterocycles. The number of imide groups is 1. The molecule has 2 rings (SSSR count). The van der Waals surface area contributed by atoms with Gasteiger partial charge in [0.25, 0.3) is 0 Å². The van der Waals surface area contributed by atoms with E-state index < -0.39 is 31.8 Å². The van der Waals surface area contributed by atoms with Crippen LogP contribution in [0.5, 0.6) is 0 Å². The van der Waals surface area contributed by atoms with E-state index in [0.717, 1.165) is 10.5 Å². The minimum absolute atomic E-state index is 0.115. The highest BCUT2D eigenvalue weighted by molar-refractivity contribution is 7.54. The van der Waals surface area contributed by atoms with E-state index in [1.807, 2.05) is 30.3 Å². The molecule has 2 amide bonds. The van der Waals surface area contributed by atoms with Gasteiger partial charge in [-0.25, -0.2) is 9.69 Å². The van der Waals surface area contributed by atoms with Crippen molar-refractivity contribution < 1.29 is 27.9 Å². The molecule has 1 aliphatic rings. The zero-order valence-corrected chi connectivity index (χ0v) is 13.3. The van der Waals surface area contributed by atoms with Crippen LogP contribution in [0.1, 0.15) is 5.56 Å². The number of rotatable bonds is 6. The number of benzene rings is 1. The molecule has 0 aromatic heterocycles. The van der Waals surface area contributed by atoms with E-state index in [1.165, 1.54) is 14.2 Å². The molecule has 0 saturated carbocycles. The summed E-state index contributed by atoms with van der Waals surface area (Å²) in [4.78, 5) is 25.1. The number of ether oxygens (including phenoxy) is 1. The Morgan fingerprint density at radius 2 is 1.95 bits per heavy atom. The smallest absolute Gasteiger partial charge is 0.417 e. The van der Waals surface area contributed by atoms with Crippen molar-refractivity contribution in [2.45, 2.75) is 12.5 Å². The highest BCUT2D eigenvalue weighted by Gasteiger charge is 2.40. The normalized spacial score (nSPS) is 18.4. The van der Waals surface area contributed by atoms with Crippen molar-refractivity contribution in [2.75, 3.05) is 27.0 Å². The van der Waals surface area contributed by atoms with Gasteiger partial charge in [-0.3, -0.25) is 9.36 Å². The van der Waals surface area contributed by atoms with Crippen molar-refractivity contribution >= 4 is 19.6 Å². The number of hydrogen-bond donors (Lipinski definition) is 0. The number of cyclic esters (lactones) is 1. The summed E-state index contributed by atoms with van der Waals surface area (Å²) in [6.07, 6.45) is -0.757. The average Bonchev–Trinajstić information content (AvgIpc) is 2.89. The molecular weight excluding hydrogens is 309 g/mol. The Morgan fingerprint density at radius 3 is 2.55 bits per heavy atom. The van der Waals surface area contributed by atoms with Crippen molar-refractivity contribution in [1.29, 1.82) is 0 Å². The lowest BCUT2D eigenvalue weighted by Gasteiger charge is -2.21. The Kier molecular flexibility index (Phi) is 5.34. The van der Waals surface area contributed by atoms with Crippen LogP contribution in [0.15, 0.2) is 30.3 Å². The van der Waals surface area contributed by atoms with Gasteiger partial charge in [-0.1, -0.05) is 30.3 Å². The Balaban J connectivity index is 2.11. The van der Waals surface area contributed by atoms with Gasteiger partial charge in [-0.05, 0) is 12.0 Å². The number of hydrogen-bond acceptors (Lipinski definition) is 6. The zero-order chi connectivity index (χ0) is 16.2. The summed E-state index contributed by atoms with van der Waals surface area (Å²) in [6.45, 7) is 0.115. The Hall–Kier alpha value is -1.69. The summed E-state index contributed by atoms with van der Waals surface area (Å²) in [5.74, 6) is -0.629. The van der Waals surface area contributed by atoms with Crippen LogP contribution in [-0.4, -0.2) is 49.9 Å². The van der Waals surface area contributed by atoms with E-state index in [4.69, 9.17) is 13.8 Å². The molecule has 0 bridgehead atoms. The molecule has 0 radical (unpaired) electrons. The molecule has 0 unspecified atom stereocenters. The zero-order valence-electron chi connectivity index (χ0n) is 12.4. The SMILES string of the molecule is COP(=O)(CC(=O)N1C(=O)OC[C@@H]1Cc1ccccc1)OC. The molecule has 1 fully saturated rings. The fourth-order valence-corrected chi connectivity index (χ4v) is 3.14. The minimum Gasteiger partial charge on any atom is -0.447 e. The predicted molar refractivity (Wildman–Crippen MR) is 78.6 cm³/mol. The molecule has 0 N–H and O–H groups in total. The molecule has 22 heavy (non-hydrogen) atoms. The maximum Gasteiger partial charge on any atom is 0.417 e. The molecule has 1 heterocycles. The first-order valence-corrected chi connectivity index (χ1v) is 8.45. The molecule has 1 aromatic carbocycles. The Bertz CT molecular complexity index is 582. The van der Waals surface area contributed by atoms with Gasteiger partial charge in [0, 0.05) is 14.2 Å². The maximum absolute atomic E-state index is 12.3. The van der Waals surface area contributed by atoms with Crippen LogP contribution in [0.2, 0.25) is 0 Å². The summed E-state index contributed by atoms with van der Waals surface area (Å²) in [6, 6.07) is 9.02. The van der Waals surface area contributed by atoms with Crippen molar-refractivity contribution in [3.63, 3.8) is 0 Å². The summed E-state index contributed by atoms with van der Waals surface area (Å²) in [5, 5.41) is 0. The van der Waals surface area contributed by atoms with E-state index >= 15 is 0 Å². The largest absolute Gasteiger partial charge is 0.447 e. The molecule has 7 nitrogen and oxygen atoms in total. The fourth-order valence-electron chi connectivity index (χ4n) is 2.25. The highest BCUT2D eigenvalue weighted by Crippen LogP contribution is 2.46.